The normalized spacial score (nSPS) is 15.0. The Bertz CT molecular complexity index is 909. The molecule has 0 saturated heterocycles. The molecule has 4 heteroatoms. The summed E-state index contributed by atoms with van der Waals surface area (Å²) in [7, 11) is 0. The summed E-state index contributed by atoms with van der Waals surface area (Å²) in [5.41, 5.74) is 15.0. The first-order chi connectivity index (χ1) is 12.2. The molecule has 4 nitrogen and oxygen atoms in total. The van der Waals surface area contributed by atoms with Gasteiger partial charge in [-0.3, -0.25) is 4.98 Å². The molecule has 0 unspecified atom stereocenters. The molecule has 130 valence electrons. The number of aromatic nitrogens is 3. The van der Waals surface area contributed by atoms with Crippen LogP contribution < -0.4 is 5.73 Å². The minimum absolute atomic E-state index is 0.809. The molecule has 0 radical (unpaired) electrons. The number of nitrogens with zero attached hydrogens (tertiary/aromatic N) is 3. The van der Waals surface area contributed by atoms with E-state index < -0.39 is 0 Å². The number of hydrogen-bond acceptors (Lipinski definition) is 3. The van der Waals surface area contributed by atoms with Crippen LogP contribution >= 0.6 is 0 Å². The van der Waals surface area contributed by atoms with Crippen LogP contribution in [-0.2, 0) is 19.4 Å². The molecule has 3 aromatic rings. The van der Waals surface area contributed by atoms with Gasteiger partial charge in [0.1, 0.15) is 5.65 Å². The van der Waals surface area contributed by atoms with Gasteiger partial charge in [-0.2, -0.15) is 0 Å². The van der Waals surface area contributed by atoms with Crippen LogP contribution in [0.2, 0.25) is 0 Å². The van der Waals surface area contributed by atoms with Gasteiger partial charge in [0.2, 0.25) is 0 Å². The Morgan fingerprint density at radius 3 is 2.52 bits per heavy atom. The number of hydrogen-bond donors (Lipinski definition) is 1. The Kier molecular flexibility index (Phi) is 4.20. The molecule has 1 aliphatic rings. The van der Waals surface area contributed by atoms with Gasteiger partial charge in [-0.25, -0.2) is 4.98 Å². The SMILES string of the molecule is Cc1c(C)n(Cc2ccncc2)c2nc3c(c(N)c12)CCCCCC3. The van der Waals surface area contributed by atoms with E-state index in [1.807, 2.05) is 12.4 Å². The third-order valence-corrected chi connectivity index (χ3v) is 5.67. The number of anilines is 1. The van der Waals surface area contributed by atoms with Crippen LogP contribution in [0.5, 0.6) is 0 Å². The van der Waals surface area contributed by atoms with Gasteiger partial charge >= 0.3 is 0 Å². The summed E-state index contributed by atoms with van der Waals surface area (Å²) in [5.74, 6) is 0. The van der Waals surface area contributed by atoms with Gasteiger partial charge in [-0.05, 0) is 68.4 Å². The second-order valence-corrected chi connectivity index (χ2v) is 7.22. The third-order valence-electron chi connectivity index (χ3n) is 5.67. The second-order valence-electron chi connectivity index (χ2n) is 7.22. The van der Waals surface area contributed by atoms with Crippen molar-refractivity contribution >= 4 is 16.7 Å². The number of nitrogens with two attached hydrogens (primary N) is 1. The van der Waals surface area contributed by atoms with E-state index in [4.69, 9.17) is 10.7 Å². The summed E-state index contributed by atoms with van der Waals surface area (Å²) in [6.45, 7) is 5.16. The lowest BCUT2D eigenvalue weighted by atomic mass is 9.94. The molecular weight excluding hydrogens is 308 g/mol. The lowest BCUT2D eigenvalue weighted by Crippen LogP contribution is -2.09. The lowest BCUT2D eigenvalue weighted by molar-refractivity contribution is 0.610. The molecule has 2 N–H and O–H groups in total. The van der Waals surface area contributed by atoms with Crippen molar-refractivity contribution in [2.75, 3.05) is 5.73 Å². The number of aryl methyl sites for hydroxylation is 2. The standard InChI is InChI=1S/C21H26N4/c1-14-15(2)25(13-16-9-11-23-12-10-16)21-19(14)20(22)17-7-5-3-4-6-8-18(17)24-21/h9-12H,3-8,13H2,1-2H3,(H2,22,24). The molecule has 1 aliphatic carbocycles. The summed E-state index contributed by atoms with van der Waals surface area (Å²) < 4.78 is 2.31. The quantitative estimate of drug-likeness (QED) is 0.758. The Hall–Kier alpha value is -2.36. The highest BCUT2D eigenvalue weighted by Gasteiger charge is 2.21. The first kappa shape index (κ1) is 16.1. The zero-order valence-electron chi connectivity index (χ0n) is 15.2. The highest BCUT2D eigenvalue weighted by molar-refractivity contribution is 5.95. The molecule has 0 aliphatic heterocycles. The minimum atomic E-state index is 0.809. The summed E-state index contributed by atoms with van der Waals surface area (Å²) in [4.78, 5) is 9.25. The van der Waals surface area contributed by atoms with Crippen molar-refractivity contribution in [2.24, 2.45) is 0 Å². The van der Waals surface area contributed by atoms with Crippen molar-refractivity contribution in [3.05, 3.63) is 52.6 Å². The summed E-state index contributed by atoms with van der Waals surface area (Å²) in [6.07, 6.45) is 10.9. The van der Waals surface area contributed by atoms with Crippen molar-refractivity contribution in [2.45, 2.75) is 58.9 Å². The van der Waals surface area contributed by atoms with Crippen LogP contribution in [0.4, 0.5) is 5.69 Å². The molecule has 0 amide bonds. The fraction of sp³-hybridized carbons (Fsp3) is 0.429. The van der Waals surface area contributed by atoms with E-state index in [0.717, 1.165) is 36.1 Å². The largest absolute Gasteiger partial charge is 0.398 e. The maximum atomic E-state index is 6.67. The van der Waals surface area contributed by atoms with Crippen LogP contribution in [0.3, 0.4) is 0 Å². The van der Waals surface area contributed by atoms with Crippen LogP contribution in [-0.4, -0.2) is 14.5 Å². The average Bonchev–Trinajstić information content (AvgIpc) is 2.82. The topological polar surface area (TPSA) is 56.7 Å². The lowest BCUT2D eigenvalue weighted by Gasteiger charge is -2.17. The molecule has 4 rings (SSSR count). The van der Waals surface area contributed by atoms with Gasteiger partial charge in [0.25, 0.3) is 0 Å². The smallest absolute Gasteiger partial charge is 0.143 e. The van der Waals surface area contributed by atoms with Crippen molar-refractivity contribution in [3.8, 4) is 0 Å². The van der Waals surface area contributed by atoms with E-state index in [-0.39, 0.29) is 0 Å². The predicted octanol–water partition coefficient (Wildman–Crippen LogP) is 4.34. The molecule has 0 spiro atoms. The van der Waals surface area contributed by atoms with E-state index in [9.17, 15) is 0 Å². The Balaban J connectivity index is 1.90. The highest BCUT2D eigenvalue weighted by Crippen LogP contribution is 2.35. The number of nitrogen functional groups attached to an aromatic ring is 1. The fourth-order valence-electron chi connectivity index (χ4n) is 4.08. The van der Waals surface area contributed by atoms with Gasteiger partial charge in [0, 0.05) is 41.4 Å². The van der Waals surface area contributed by atoms with Crippen LogP contribution in [0.1, 0.15) is 53.8 Å². The second kappa shape index (κ2) is 6.51. The summed E-state index contributed by atoms with van der Waals surface area (Å²) >= 11 is 0. The summed E-state index contributed by atoms with van der Waals surface area (Å²) in [6, 6.07) is 4.13. The number of fused-ring (bicyclic) bond motifs is 2. The van der Waals surface area contributed by atoms with Gasteiger partial charge in [-0.1, -0.05) is 12.8 Å². The van der Waals surface area contributed by atoms with E-state index in [0.29, 0.717) is 0 Å². The molecule has 0 fully saturated rings. The maximum absolute atomic E-state index is 6.67. The van der Waals surface area contributed by atoms with E-state index in [2.05, 4.69) is 35.5 Å². The van der Waals surface area contributed by atoms with Gasteiger partial charge in [0.15, 0.2) is 0 Å². The number of rotatable bonds is 2. The Morgan fingerprint density at radius 2 is 1.76 bits per heavy atom. The molecule has 3 heterocycles. The van der Waals surface area contributed by atoms with Crippen LogP contribution in [0.25, 0.3) is 11.0 Å². The minimum Gasteiger partial charge on any atom is -0.398 e. The van der Waals surface area contributed by atoms with Gasteiger partial charge in [-0.15, -0.1) is 0 Å². The molecular formula is C21H26N4. The summed E-state index contributed by atoms with van der Waals surface area (Å²) in [5, 5.41) is 1.16. The molecule has 0 atom stereocenters. The van der Waals surface area contributed by atoms with Gasteiger partial charge in [0.05, 0.1) is 0 Å². The molecule has 0 aromatic carbocycles. The van der Waals surface area contributed by atoms with Crippen molar-refractivity contribution < 1.29 is 0 Å². The molecule has 3 aromatic heterocycles. The Labute approximate surface area is 149 Å². The fourth-order valence-corrected chi connectivity index (χ4v) is 4.08. The predicted molar refractivity (Wildman–Crippen MR) is 103 cm³/mol. The monoisotopic (exact) mass is 334 g/mol. The average molecular weight is 334 g/mol. The zero-order chi connectivity index (χ0) is 17.4. The van der Waals surface area contributed by atoms with Gasteiger partial charge < -0.3 is 10.3 Å². The molecule has 0 saturated carbocycles. The Morgan fingerprint density at radius 1 is 1.04 bits per heavy atom. The zero-order valence-corrected chi connectivity index (χ0v) is 15.2. The van der Waals surface area contributed by atoms with Crippen LogP contribution in [0.15, 0.2) is 24.5 Å². The van der Waals surface area contributed by atoms with Crippen molar-refractivity contribution in [1.29, 1.82) is 0 Å². The maximum Gasteiger partial charge on any atom is 0.143 e. The number of pyridine rings is 2. The molecule has 25 heavy (non-hydrogen) atoms. The van der Waals surface area contributed by atoms with Crippen molar-refractivity contribution in [1.82, 2.24) is 14.5 Å². The van der Waals surface area contributed by atoms with Crippen molar-refractivity contribution in [3.63, 3.8) is 0 Å². The van der Waals surface area contributed by atoms with E-state index in [1.165, 1.54) is 53.8 Å². The van der Waals surface area contributed by atoms with Crippen LogP contribution in [0, 0.1) is 13.8 Å². The molecule has 0 bridgehead atoms. The van der Waals surface area contributed by atoms with E-state index in [1.54, 1.807) is 0 Å². The third kappa shape index (κ3) is 2.80. The first-order valence-electron chi connectivity index (χ1n) is 9.32. The van der Waals surface area contributed by atoms with E-state index >= 15 is 0 Å². The highest BCUT2D eigenvalue weighted by atomic mass is 15.1. The first-order valence-corrected chi connectivity index (χ1v) is 9.32.